The predicted octanol–water partition coefficient (Wildman–Crippen LogP) is 2.30. The lowest BCUT2D eigenvalue weighted by molar-refractivity contribution is -0.141. The molecule has 2 atom stereocenters. The van der Waals surface area contributed by atoms with Crippen LogP contribution in [0, 0.1) is 5.92 Å². The van der Waals surface area contributed by atoms with E-state index in [9.17, 15) is 14.7 Å². The Morgan fingerprint density at radius 3 is 2.46 bits per heavy atom. The minimum atomic E-state index is -0.919. The zero-order chi connectivity index (χ0) is 17.9. The number of aliphatic carboxylic acids is 1. The lowest BCUT2D eigenvalue weighted by Gasteiger charge is -2.20. The zero-order valence-electron chi connectivity index (χ0n) is 14.4. The molecule has 1 heterocycles. The molecule has 1 aliphatic heterocycles. The molecule has 1 amide bonds. The van der Waals surface area contributed by atoms with E-state index in [0.29, 0.717) is 18.0 Å². The molecule has 0 spiro atoms. The number of allylic oxidation sites excluding steroid dienone is 1. The summed E-state index contributed by atoms with van der Waals surface area (Å²) in [6, 6.07) is 5.40. The molecule has 0 aliphatic carbocycles. The van der Waals surface area contributed by atoms with E-state index in [4.69, 9.17) is 9.47 Å². The summed E-state index contributed by atoms with van der Waals surface area (Å²) >= 11 is 0. The fourth-order valence-corrected chi connectivity index (χ4v) is 3.09. The van der Waals surface area contributed by atoms with E-state index in [1.54, 1.807) is 17.0 Å². The average Bonchev–Trinajstić information content (AvgIpc) is 2.98. The van der Waals surface area contributed by atoms with Crippen LogP contribution in [0.4, 0.5) is 0 Å². The van der Waals surface area contributed by atoms with Crippen LogP contribution >= 0.6 is 0 Å². The molecular weight excluding hydrogens is 310 g/mol. The molecule has 24 heavy (non-hydrogen) atoms. The van der Waals surface area contributed by atoms with Crippen molar-refractivity contribution in [3.8, 4) is 11.5 Å². The smallest absolute Gasteiger partial charge is 0.308 e. The van der Waals surface area contributed by atoms with Gasteiger partial charge in [0.15, 0.2) is 11.5 Å². The summed E-state index contributed by atoms with van der Waals surface area (Å²) in [7, 11) is 3.06. The molecule has 0 radical (unpaired) electrons. The van der Waals surface area contributed by atoms with E-state index in [-0.39, 0.29) is 18.4 Å². The van der Waals surface area contributed by atoms with E-state index >= 15 is 0 Å². The second-order valence-corrected chi connectivity index (χ2v) is 6.10. The molecule has 130 valence electrons. The Kier molecular flexibility index (Phi) is 5.49. The van der Waals surface area contributed by atoms with Gasteiger partial charge < -0.3 is 19.5 Å². The first-order chi connectivity index (χ1) is 11.4. The van der Waals surface area contributed by atoms with Crippen molar-refractivity contribution in [2.45, 2.75) is 19.8 Å². The average molecular weight is 333 g/mol. The standard InChI is InChI=1S/C18H23NO5/c1-11(2)8-16(20)19-9-13(14(10-19)18(21)22)12-6-5-7-15(23-3)17(12)24-4/h5-8,13-14H,9-10H2,1-4H3,(H,21,22). The molecule has 1 aromatic carbocycles. The third-order valence-electron chi connectivity index (χ3n) is 4.19. The molecule has 0 bridgehead atoms. The van der Waals surface area contributed by atoms with Crippen LogP contribution in [0.2, 0.25) is 0 Å². The molecule has 0 saturated carbocycles. The summed E-state index contributed by atoms with van der Waals surface area (Å²) in [5.41, 5.74) is 1.63. The van der Waals surface area contributed by atoms with E-state index in [0.717, 1.165) is 11.1 Å². The number of likely N-dealkylation sites (tertiary alicyclic amines) is 1. The zero-order valence-corrected chi connectivity index (χ0v) is 14.4. The SMILES string of the molecule is COc1cccc(C2CN(C(=O)C=C(C)C)CC2C(=O)O)c1OC. The first-order valence-corrected chi connectivity index (χ1v) is 7.76. The summed E-state index contributed by atoms with van der Waals surface area (Å²) < 4.78 is 10.7. The van der Waals surface area contributed by atoms with Gasteiger partial charge in [0, 0.05) is 30.6 Å². The number of hydrogen-bond acceptors (Lipinski definition) is 4. The first-order valence-electron chi connectivity index (χ1n) is 7.76. The molecule has 1 saturated heterocycles. The van der Waals surface area contributed by atoms with Crippen LogP contribution in [-0.4, -0.2) is 49.2 Å². The Hall–Kier alpha value is -2.50. The number of carboxylic acids is 1. The molecule has 0 aromatic heterocycles. The second-order valence-electron chi connectivity index (χ2n) is 6.10. The Morgan fingerprint density at radius 1 is 1.21 bits per heavy atom. The molecule has 2 unspecified atom stereocenters. The van der Waals surface area contributed by atoms with Gasteiger partial charge >= 0.3 is 5.97 Å². The van der Waals surface area contributed by atoms with Crippen LogP contribution in [-0.2, 0) is 9.59 Å². The monoisotopic (exact) mass is 333 g/mol. The van der Waals surface area contributed by atoms with Gasteiger partial charge in [-0.05, 0) is 19.9 Å². The number of rotatable bonds is 5. The Balaban J connectivity index is 2.39. The van der Waals surface area contributed by atoms with Crippen molar-refractivity contribution in [2.75, 3.05) is 27.3 Å². The van der Waals surface area contributed by atoms with E-state index in [2.05, 4.69) is 0 Å². The fourth-order valence-electron chi connectivity index (χ4n) is 3.09. The lowest BCUT2D eigenvalue weighted by Crippen LogP contribution is -2.28. The van der Waals surface area contributed by atoms with Gasteiger partial charge in [0.25, 0.3) is 0 Å². The number of hydrogen-bond donors (Lipinski definition) is 1. The molecule has 1 fully saturated rings. The van der Waals surface area contributed by atoms with Gasteiger partial charge in [-0.25, -0.2) is 0 Å². The minimum absolute atomic E-state index is 0.161. The van der Waals surface area contributed by atoms with E-state index in [1.165, 1.54) is 20.3 Å². The van der Waals surface area contributed by atoms with E-state index < -0.39 is 11.9 Å². The van der Waals surface area contributed by atoms with Crippen molar-refractivity contribution in [1.82, 2.24) is 4.90 Å². The van der Waals surface area contributed by atoms with Crippen molar-refractivity contribution < 1.29 is 24.2 Å². The van der Waals surface area contributed by atoms with Gasteiger partial charge in [0.2, 0.25) is 5.91 Å². The number of amides is 1. The maximum atomic E-state index is 12.3. The number of carbonyl (C=O) groups is 2. The Bertz CT molecular complexity index is 663. The maximum absolute atomic E-state index is 12.3. The Labute approximate surface area is 141 Å². The molecule has 2 rings (SSSR count). The number of methoxy groups -OCH3 is 2. The Morgan fingerprint density at radius 2 is 1.92 bits per heavy atom. The van der Waals surface area contributed by atoms with E-state index in [1.807, 2.05) is 19.9 Å². The highest BCUT2D eigenvalue weighted by molar-refractivity contribution is 5.89. The molecular formula is C18H23NO5. The van der Waals surface area contributed by atoms with Gasteiger partial charge in [-0.3, -0.25) is 9.59 Å². The van der Waals surface area contributed by atoms with Gasteiger partial charge in [-0.2, -0.15) is 0 Å². The number of ether oxygens (including phenoxy) is 2. The highest BCUT2D eigenvalue weighted by Gasteiger charge is 2.41. The first kappa shape index (κ1) is 17.8. The van der Waals surface area contributed by atoms with Crippen LogP contribution in [0.25, 0.3) is 0 Å². The summed E-state index contributed by atoms with van der Waals surface area (Å²) in [6.07, 6.45) is 1.53. The molecule has 6 heteroatoms. The molecule has 1 aromatic rings. The topological polar surface area (TPSA) is 76.1 Å². The van der Waals surface area contributed by atoms with Crippen LogP contribution in [0.15, 0.2) is 29.8 Å². The van der Waals surface area contributed by atoms with Gasteiger partial charge in [-0.1, -0.05) is 17.7 Å². The van der Waals surface area contributed by atoms with Gasteiger partial charge in [0.1, 0.15) is 0 Å². The van der Waals surface area contributed by atoms with Crippen molar-refractivity contribution in [2.24, 2.45) is 5.92 Å². The van der Waals surface area contributed by atoms with Gasteiger partial charge in [0.05, 0.1) is 20.1 Å². The predicted molar refractivity (Wildman–Crippen MR) is 89.4 cm³/mol. The van der Waals surface area contributed by atoms with Crippen LogP contribution < -0.4 is 9.47 Å². The number of para-hydroxylation sites is 1. The highest BCUT2D eigenvalue weighted by Crippen LogP contribution is 2.41. The number of benzene rings is 1. The fraction of sp³-hybridized carbons (Fsp3) is 0.444. The summed E-state index contributed by atoms with van der Waals surface area (Å²) in [5, 5.41) is 9.59. The van der Waals surface area contributed by atoms with Gasteiger partial charge in [-0.15, -0.1) is 0 Å². The van der Waals surface area contributed by atoms with Crippen LogP contribution in [0.1, 0.15) is 25.3 Å². The largest absolute Gasteiger partial charge is 0.493 e. The summed E-state index contributed by atoms with van der Waals surface area (Å²) in [5.74, 6) is -1.04. The number of carbonyl (C=O) groups excluding carboxylic acids is 1. The number of nitrogens with zero attached hydrogens (tertiary/aromatic N) is 1. The van der Waals surface area contributed by atoms with Crippen molar-refractivity contribution in [3.05, 3.63) is 35.4 Å². The van der Waals surface area contributed by atoms with Crippen LogP contribution in [0.5, 0.6) is 11.5 Å². The summed E-state index contributed by atoms with van der Waals surface area (Å²) in [6.45, 7) is 4.20. The lowest BCUT2D eigenvalue weighted by atomic mass is 9.88. The number of carboxylic acid groups (broad SMARTS) is 1. The third kappa shape index (κ3) is 3.53. The minimum Gasteiger partial charge on any atom is -0.493 e. The highest BCUT2D eigenvalue weighted by atomic mass is 16.5. The van der Waals surface area contributed by atoms with Crippen molar-refractivity contribution in [1.29, 1.82) is 0 Å². The quantitative estimate of drug-likeness (QED) is 0.837. The summed E-state index contributed by atoms with van der Waals surface area (Å²) in [4.78, 5) is 25.6. The van der Waals surface area contributed by atoms with Crippen molar-refractivity contribution >= 4 is 11.9 Å². The van der Waals surface area contributed by atoms with Crippen molar-refractivity contribution in [3.63, 3.8) is 0 Å². The molecule has 1 N–H and O–H groups in total. The molecule has 1 aliphatic rings. The van der Waals surface area contributed by atoms with Crippen LogP contribution in [0.3, 0.4) is 0 Å². The second kappa shape index (κ2) is 7.38. The third-order valence-corrected chi connectivity index (χ3v) is 4.19. The maximum Gasteiger partial charge on any atom is 0.308 e. The molecule has 6 nitrogen and oxygen atoms in total. The normalized spacial score (nSPS) is 19.8.